The topological polar surface area (TPSA) is 3.88 Å². The molecule has 0 amide bonds. The van der Waals surface area contributed by atoms with Crippen LogP contribution in [0.25, 0.3) is 32.8 Å². The molecule has 1 saturated carbocycles. The van der Waals surface area contributed by atoms with Crippen molar-refractivity contribution >= 4 is 32.8 Å². The number of hydrogen-bond acceptors (Lipinski definition) is 0. The van der Waals surface area contributed by atoms with Crippen molar-refractivity contribution in [1.29, 1.82) is 0 Å². The van der Waals surface area contributed by atoms with Crippen molar-refractivity contribution in [2.75, 3.05) is 0 Å². The molecule has 1 heteroatoms. The van der Waals surface area contributed by atoms with Crippen LogP contribution in [0, 0.1) is 5.41 Å². The van der Waals surface area contributed by atoms with Crippen molar-refractivity contribution in [3.63, 3.8) is 0 Å². The monoisotopic (exact) mass is 416 g/mol. The Labute approximate surface area is 190 Å². The van der Waals surface area contributed by atoms with Gasteiger partial charge in [0.05, 0.1) is 16.2 Å². The fraction of sp³-hybridized carbons (Fsp3) is 0.323. The molecule has 2 aliphatic carbocycles. The second-order valence-electron chi connectivity index (χ2n) is 10.7. The van der Waals surface area contributed by atoms with E-state index in [1.807, 2.05) is 0 Å². The van der Waals surface area contributed by atoms with Crippen LogP contribution in [0.3, 0.4) is 0 Å². The molecule has 1 aliphatic heterocycles. The minimum absolute atomic E-state index is 0.0104. The molecule has 1 aromatic heterocycles. The van der Waals surface area contributed by atoms with E-state index < -0.39 is 0 Å². The van der Waals surface area contributed by atoms with Gasteiger partial charge in [-0.15, -0.1) is 0 Å². The lowest BCUT2D eigenvalue weighted by molar-refractivity contribution is -0.723. The fourth-order valence-electron chi connectivity index (χ4n) is 7.81. The van der Waals surface area contributed by atoms with E-state index in [0.29, 0.717) is 0 Å². The maximum Gasteiger partial charge on any atom is 0.218 e. The third kappa shape index (κ3) is 1.80. The first-order valence-corrected chi connectivity index (χ1v) is 12.2. The quantitative estimate of drug-likeness (QED) is 0.237. The largest absolute Gasteiger partial charge is 0.218 e. The van der Waals surface area contributed by atoms with Gasteiger partial charge in [0.2, 0.25) is 11.2 Å². The molecule has 2 atom stereocenters. The molecule has 0 radical (unpaired) electrons. The molecule has 1 nitrogen and oxygen atoms in total. The summed E-state index contributed by atoms with van der Waals surface area (Å²) in [6.07, 6.45) is 3.61. The number of para-hydroxylation sites is 1. The van der Waals surface area contributed by atoms with Crippen LogP contribution >= 0.6 is 0 Å². The molecule has 32 heavy (non-hydrogen) atoms. The van der Waals surface area contributed by atoms with E-state index in [-0.39, 0.29) is 16.4 Å². The number of nitrogens with zero attached hydrogens (tertiary/aromatic N) is 1. The van der Waals surface area contributed by atoms with Crippen molar-refractivity contribution in [3.05, 3.63) is 89.6 Å². The number of aromatic nitrogens is 1. The Morgan fingerprint density at radius 2 is 1.38 bits per heavy atom. The number of benzene rings is 3. The summed E-state index contributed by atoms with van der Waals surface area (Å²) in [4.78, 5) is 0. The van der Waals surface area contributed by atoms with Gasteiger partial charge < -0.3 is 0 Å². The van der Waals surface area contributed by atoms with Crippen molar-refractivity contribution in [3.8, 4) is 0 Å². The number of fused-ring (bicyclic) bond motifs is 12. The maximum atomic E-state index is 2.81. The van der Waals surface area contributed by atoms with E-state index in [1.54, 1.807) is 11.1 Å². The second-order valence-corrected chi connectivity index (χ2v) is 10.7. The van der Waals surface area contributed by atoms with Crippen LogP contribution in [-0.4, -0.2) is 0 Å². The van der Waals surface area contributed by atoms with Gasteiger partial charge in [-0.25, -0.2) is 0 Å². The Morgan fingerprint density at radius 1 is 0.719 bits per heavy atom. The third-order valence-corrected chi connectivity index (χ3v) is 9.28. The molecule has 0 N–H and O–H groups in total. The van der Waals surface area contributed by atoms with E-state index in [4.69, 9.17) is 0 Å². The first-order valence-electron chi connectivity index (χ1n) is 12.2. The summed E-state index contributed by atoms with van der Waals surface area (Å²) >= 11 is 0. The Kier molecular flexibility index (Phi) is 3.32. The van der Waals surface area contributed by atoms with Gasteiger partial charge in [-0.1, -0.05) is 82.3 Å². The predicted molar refractivity (Wildman–Crippen MR) is 134 cm³/mol. The van der Waals surface area contributed by atoms with E-state index in [9.17, 15) is 0 Å². The van der Waals surface area contributed by atoms with Crippen LogP contribution in [0.15, 0.2) is 72.8 Å². The van der Waals surface area contributed by atoms with Gasteiger partial charge in [-0.3, -0.25) is 0 Å². The van der Waals surface area contributed by atoms with Crippen LogP contribution in [0.5, 0.6) is 0 Å². The summed E-state index contributed by atoms with van der Waals surface area (Å²) in [5.41, 5.74) is 9.48. The number of allylic oxidation sites excluding steroid dienone is 2. The summed E-state index contributed by atoms with van der Waals surface area (Å²) < 4.78 is 2.81. The summed E-state index contributed by atoms with van der Waals surface area (Å²) in [6, 6.07) is 27.5. The third-order valence-electron chi connectivity index (χ3n) is 9.28. The lowest BCUT2D eigenvalue weighted by atomic mass is 9.73. The van der Waals surface area contributed by atoms with Gasteiger partial charge in [0.1, 0.15) is 0 Å². The Balaban J connectivity index is 1.77. The average Bonchev–Trinajstić information content (AvgIpc) is 3.47. The van der Waals surface area contributed by atoms with Gasteiger partial charge >= 0.3 is 0 Å². The highest BCUT2D eigenvalue weighted by molar-refractivity contribution is 6.13. The lowest BCUT2D eigenvalue weighted by Gasteiger charge is -2.33. The summed E-state index contributed by atoms with van der Waals surface area (Å²) in [6.45, 7) is 9.74. The zero-order chi connectivity index (χ0) is 21.9. The minimum Gasteiger partial charge on any atom is -0.185 e. The van der Waals surface area contributed by atoms with Gasteiger partial charge in [0.25, 0.3) is 0 Å². The summed E-state index contributed by atoms with van der Waals surface area (Å²) in [7, 11) is 0. The van der Waals surface area contributed by atoms with E-state index in [0.717, 1.165) is 0 Å². The fourth-order valence-corrected chi connectivity index (χ4v) is 7.81. The molecule has 2 unspecified atom stereocenters. The highest BCUT2D eigenvalue weighted by Gasteiger charge is 2.79. The van der Waals surface area contributed by atoms with Crippen molar-refractivity contribution in [1.82, 2.24) is 0 Å². The average molecular weight is 417 g/mol. The standard InChI is InChI=1S/C31H30N/c1-5-30-19-31(30,6-2)32-25-18-12-10-14-21(25)20-13-7-8-15-22(20)28(32)27-26(30)23-16-9-11-17-24(23)29(27,3)4/h7-18H,5-6,19H2,1-4H3/q+1. The van der Waals surface area contributed by atoms with Crippen LogP contribution in [0.2, 0.25) is 0 Å². The van der Waals surface area contributed by atoms with Gasteiger partial charge in [-0.2, -0.15) is 4.57 Å². The van der Waals surface area contributed by atoms with Gasteiger partial charge in [-0.05, 0) is 35.3 Å². The molecule has 1 fully saturated rings. The molecular weight excluding hydrogens is 386 g/mol. The zero-order valence-corrected chi connectivity index (χ0v) is 19.5. The van der Waals surface area contributed by atoms with Crippen LogP contribution < -0.4 is 4.57 Å². The molecule has 158 valence electrons. The van der Waals surface area contributed by atoms with Gasteiger partial charge in [0, 0.05) is 35.3 Å². The summed E-state index contributed by atoms with van der Waals surface area (Å²) in [5.74, 6) is 0. The molecule has 0 spiro atoms. The van der Waals surface area contributed by atoms with E-state index >= 15 is 0 Å². The molecule has 3 aromatic carbocycles. The normalized spacial score (nSPS) is 26.6. The SMILES string of the molecule is CCC12CC1(CC)[n+]1c(c3ccccc3c3ccccc31)C1=C2c2ccccc2C1(C)C. The molecule has 3 aliphatic rings. The van der Waals surface area contributed by atoms with E-state index in [2.05, 4.69) is 105 Å². The molecule has 4 aromatic rings. The Hall–Kier alpha value is -2.93. The first-order chi connectivity index (χ1) is 15.5. The molecule has 0 saturated heterocycles. The molecule has 2 heterocycles. The van der Waals surface area contributed by atoms with Crippen LogP contribution in [0.4, 0.5) is 0 Å². The Morgan fingerprint density at radius 3 is 2.12 bits per heavy atom. The Bertz CT molecular complexity index is 1500. The highest BCUT2D eigenvalue weighted by atomic mass is 15.2. The van der Waals surface area contributed by atoms with Crippen molar-refractivity contribution in [2.24, 2.45) is 5.41 Å². The first kappa shape index (κ1) is 18.6. The summed E-state index contributed by atoms with van der Waals surface area (Å²) in [5, 5.41) is 4.17. The second kappa shape index (κ2) is 5.70. The van der Waals surface area contributed by atoms with Gasteiger partial charge in [0.15, 0.2) is 5.54 Å². The molecule has 7 rings (SSSR count). The van der Waals surface area contributed by atoms with Crippen molar-refractivity contribution in [2.45, 2.75) is 57.9 Å². The van der Waals surface area contributed by atoms with E-state index in [1.165, 1.54) is 57.8 Å². The number of hydrogen-bond donors (Lipinski definition) is 0. The van der Waals surface area contributed by atoms with Crippen LogP contribution in [0.1, 0.15) is 63.8 Å². The van der Waals surface area contributed by atoms with Crippen molar-refractivity contribution < 1.29 is 4.57 Å². The molecular formula is C31H30N+. The minimum atomic E-state index is -0.0104. The lowest BCUT2D eigenvalue weighted by Crippen LogP contribution is -2.56. The number of pyridine rings is 1. The highest BCUT2D eigenvalue weighted by Crippen LogP contribution is 2.76. The van der Waals surface area contributed by atoms with Crippen LogP contribution in [-0.2, 0) is 11.0 Å². The number of rotatable bonds is 2. The zero-order valence-electron chi connectivity index (χ0n) is 19.5. The molecule has 0 bridgehead atoms. The smallest absolute Gasteiger partial charge is 0.185 e. The maximum absolute atomic E-state index is 2.81. The predicted octanol–water partition coefficient (Wildman–Crippen LogP) is 7.40.